The van der Waals surface area contributed by atoms with E-state index in [-0.39, 0.29) is 11.8 Å². The lowest BCUT2D eigenvalue weighted by molar-refractivity contribution is 0.0926. The number of carbonyl (C=O) groups excluding carboxylic acids is 2. The van der Waals surface area contributed by atoms with Crippen LogP contribution in [0.5, 0.6) is 0 Å². The van der Waals surface area contributed by atoms with Crippen LogP contribution in [0.4, 0.5) is 5.69 Å². The van der Waals surface area contributed by atoms with Crippen LogP contribution in [0.2, 0.25) is 0 Å². The molecule has 4 rings (SSSR count). The van der Waals surface area contributed by atoms with Crippen LogP contribution in [0.25, 0.3) is 10.9 Å². The van der Waals surface area contributed by atoms with E-state index in [0.717, 1.165) is 16.5 Å². The maximum absolute atomic E-state index is 12.9. The summed E-state index contributed by atoms with van der Waals surface area (Å²) in [5.74, 6) is -0.560. The van der Waals surface area contributed by atoms with Crippen molar-refractivity contribution >= 4 is 28.4 Å². The zero-order valence-corrected chi connectivity index (χ0v) is 12.8. The number of anilines is 1. The van der Waals surface area contributed by atoms with Gasteiger partial charge in [0.15, 0.2) is 0 Å². The third-order valence-corrected chi connectivity index (χ3v) is 4.44. The molecule has 1 aliphatic rings. The quantitative estimate of drug-likeness (QED) is 0.645. The number of pyridine rings is 1. The summed E-state index contributed by atoms with van der Waals surface area (Å²) in [5.41, 5.74) is 4.01. The monoisotopic (exact) mass is 302 g/mol. The zero-order valence-electron chi connectivity index (χ0n) is 12.8. The number of amides is 2. The van der Waals surface area contributed by atoms with Crippen molar-refractivity contribution in [2.45, 2.75) is 13.8 Å². The summed E-state index contributed by atoms with van der Waals surface area (Å²) in [7, 11) is 0. The number of aryl methyl sites for hydroxylation is 1. The van der Waals surface area contributed by atoms with E-state index < -0.39 is 0 Å². The summed E-state index contributed by atoms with van der Waals surface area (Å²) < 4.78 is 0. The molecule has 0 radical (unpaired) electrons. The van der Waals surface area contributed by atoms with Gasteiger partial charge in [-0.15, -0.1) is 0 Å². The van der Waals surface area contributed by atoms with Gasteiger partial charge < -0.3 is 0 Å². The highest BCUT2D eigenvalue weighted by molar-refractivity contribution is 6.36. The Morgan fingerprint density at radius 1 is 0.913 bits per heavy atom. The molecule has 1 aromatic heterocycles. The van der Waals surface area contributed by atoms with E-state index in [9.17, 15) is 9.59 Å². The van der Waals surface area contributed by atoms with Gasteiger partial charge in [0.05, 0.1) is 22.3 Å². The number of para-hydroxylation sites is 1. The Morgan fingerprint density at radius 2 is 1.70 bits per heavy atom. The van der Waals surface area contributed by atoms with Crippen molar-refractivity contribution < 1.29 is 9.59 Å². The van der Waals surface area contributed by atoms with Crippen LogP contribution >= 0.6 is 0 Å². The van der Waals surface area contributed by atoms with Gasteiger partial charge in [-0.05, 0) is 43.2 Å². The Bertz CT molecular complexity index is 987. The predicted octanol–water partition coefficient (Wildman–Crippen LogP) is 3.65. The average Bonchev–Trinajstić information content (AvgIpc) is 2.82. The molecule has 112 valence electrons. The second kappa shape index (κ2) is 4.74. The lowest BCUT2D eigenvalue weighted by Crippen LogP contribution is -2.29. The molecule has 0 atom stereocenters. The Hall–Kier alpha value is -3.01. The van der Waals surface area contributed by atoms with E-state index in [2.05, 4.69) is 4.98 Å². The summed E-state index contributed by atoms with van der Waals surface area (Å²) in [4.78, 5) is 31.3. The van der Waals surface area contributed by atoms with Crippen molar-refractivity contribution in [1.29, 1.82) is 0 Å². The number of nitrogens with zero attached hydrogens (tertiary/aromatic N) is 2. The molecule has 1 aliphatic heterocycles. The molecule has 4 heteroatoms. The summed E-state index contributed by atoms with van der Waals surface area (Å²) in [6, 6.07) is 12.9. The second-order valence-electron chi connectivity index (χ2n) is 5.73. The minimum absolute atomic E-state index is 0.274. The molecule has 2 aromatic carbocycles. The molecule has 0 saturated heterocycles. The molecule has 4 nitrogen and oxygen atoms in total. The first-order valence-corrected chi connectivity index (χ1v) is 7.42. The third kappa shape index (κ3) is 1.81. The highest BCUT2D eigenvalue weighted by Gasteiger charge is 2.38. The molecular weight excluding hydrogens is 288 g/mol. The van der Waals surface area contributed by atoms with E-state index >= 15 is 0 Å². The van der Waals surface area contributed by atoms with Crippen LogP contribution < -0.4 is 4.90 Å². The van der Waals surface area contributed by atoms with Crippen molar-refractivity contribution in [1.82, 2.24) is 4.98 Å². The Balaban J connectivity index is 1.96. The van der Waals surface area contributed by atoms with Crippen LogP contribution in [0, 0.1) is 13.8 Å². The molecule has 0 saturated carbocycles. The van der Waals surface area contributed by atoms with Crippen LogP contribution in [0.3, 0.4) is 0 Å². The smallest absolute Gasteiger partial charge is 0.266 e. The first-order valence-electron chi connectivity index (χ1n) is 7.42. The van der Waals surface area contributed by atoms with Gasteiger partial charge in [-0.1, -0.05) is 24.3 Å². The number of rotatable bonds is 1. The third-order valence-electron chi connectivity index (χ3n) is 4.44. The number of fused-ring (bicyclic) bond motifs is 2. The molecule has 0 aliphatic carbocycles. The molecule has 0 unspecified atom stereocenters. The van der Waals surface area contributed by atoms with E-state index in [1.165, 1.54) is 4.90 Å². The first-order chi connectivity index (χ1) is 11.1. The summed E-state index contributed by atoms with van der Waals surface area (Å²) >= 11 is 0. The van der Waals surface area contributed by atoms with E-state index in [0.29, 0.717) is 22.3 Å². The van der Waals surface area contributed by atoms with E-state index in [4.69, 9.17) is 0 Å². The minimum atomic E-state index is -0.286. The number of benzene rings is 2. The fraction of sp³-hybridized carbons (Fsp3) is 0.105. The minimum Gasteiger partial charge on any atom is -0.268 e. The number of hydrogen-bond donors (Lipinski definition) is 0. The zero-order chi connectivity index (χ0) is 16.1. The molecular formula is C19H14N2O2. The van der Waals surface area contributed by atoms with Crippen molar-refractivity contribution in [3.05, 3.63) is 70.9 Å². The lowest BCUT2D eigenvalue weighted by atomic mass is 9.99. The Labute approximate surface area is 133 Å². The first kappa shape index (κ1) is 13.6. The molecule has 3 aromatic rings. The fourth-order valence-corrected chi connectivity index (χ4v) is 3.08. The van der Waals surface area contributed by atoms with Crippen LogP contribution in [-0.2, 0) is 0 Å². The number of imide groups is 1. The van der Waals surface area contributed by atoms with Crippen molar-refractivity contribution in [2.75, 3.05) is 4.90 Å². The molecule has 2 heterocycles. The summed E-state index contributed by atoms with van der Waals surface area (Å²) in [6.45, 7) is 3.82. The average molecular weight is 302 g/mol. The maximum Gasteiger partial charge on any atom is 0.266 e. The van der Waals surface area contributed by atoms with Crippen LogP contribution in [0.15, 0.2) is 48.7 Å². The molecule has 0 spiro atoms. The van der Waals surface area contributed by atoms with Gasteiger partial charge in [0.2, 0.25) is 0 Å². The highest BCUT2D eigenvalue weighted by atomic mass is 16.2. The van der Waals surface area contributed by atoms with Gasteiger partial charge >= 0.3 is 0 Å². The number of carbonyl (C=O) groups is 2. The number of aromatic nitrogens is 1. The highest BCUT2D eigenvalue weighted by Crippen LogP contribution is 2.34. The second-order valence-corrected chi connectivity index (χ2v) is 5.73. The van der Waals surface area contributed by atoms with E-state index in [1.807, 2.05) is 44.2 Å². The Morgan fingerprint density at radius 3 is 2.52 bits per heavy atom. The molecule has 0 bridgehead atoms. The standard InChI is InChI=1S/C19H14N2O2/c1-11-8-9-14-16(12(11)2)19(23)21(18(14)22)15-7-3-5-13-6-4-10-20-17(13)15/h3-10H,1-2H3. The van der Waals surface area contributed by atoms with Crippen molar-refractivity contribution in [3.63, 3.8) is 0 Å². The summed E-state index contributed by atoms with van der Waals surface area (Å²) in [6.07, 6.45) is 1.67. The van der Waals surface area contributed by atoms with Gasteiger partial charge in [-0.25, -0.2) is 4.90 Å². The normalized spacial score (nSPS) is 13.7. The fourth-order valence-electron chi connectivity index (χ4n) is 3.08. The topological polar surface area (TPSA) is 50.3 Å². The molecule has 2 amide bonds. The van der Waals surface area contributed by atoms with Crippen LogP contribution in [-0.4, -0.2) is 16.8 Å². The van der Waals surface area contributed by atoms with Gasteiger partial charge in [0.1, 0.15) is 0 Å². The number of hydrogen-bond acceptors (Lipinski definition) is 3. The van der Waals surface area contributed by atoms with Gasteiger partial charge in [-0.2, -0.15) is 0 Å². The molecule has 0 N–H and O–H groups in total. The molecule has 23 heavy (non-hydrogen) atoms. The van der Waals surface area contributed by atoms with Gasteiger partial charge in [0.25, 0.3) is 11.8 Å². The summed E-state index contributed by atoms with van der Waals surface area (Å²) in [5, 5.41) is 0.898. The van der Waals surface area contributed by atoms with Gasteiger partial charge in [-0.3, -0.25) is 14.6 Å². The van der Waals surface area contributed by atoms with Gasteiger partial charge in [0, 0.05) is 11.6 Å². The van der Waals surface area contributed by atoms with Crippen LogP contribution in [0.1, 0.15) is 31.8 Å². The largest absolute Gasteiger partial charge is 0.268 e. The predicted molar refractivity (Wildman–Crippen MR) is 88.8 cm³/mol. The van der Waals surface area contributed by atoms with E-state index in [1.54, 1.807) is 18.3 Å². The molecule has 0 fully saturated rings. The van der Waals surface area contributed by atoms with Crippen molar-refractivity contribution in [3.8, 4) is 0 Å². The maximum atomic E-state index is 12.9. The SMILES string of the molecule is Cc1ccc2c(c1C)C(=O)N(c1cccc3cccnc13)C2=O. The Kier molecular flexibility index (Phi) is 2.81. The van der Waals surface area contributed by atoms with Crippen molar-refractivity contribution in [2.24, 2.45) is 0 Å². The lowest BCUT2D eigenvalue weighted by Gasteiger charge is -2.15.